The van der Waals surface area contributed by atoms with Gasteiger partial charge in [-0.3, -0.25) is 4.57 Å². The molecular weight excluding hydrogens is 210 g/mol. The van der Waals surface area contributed by atoms with Crippen LogP contribution < -0.4 is 0 Å². The molecule has 1 aliphatic carbocycles. The monoisotopic (exact) mass is 227 g/mol. The van der Waals surface area contributed by atoms with Crippen molar-refractivity contribution in [3.05, 3.63) is 11.1 Å². The molecule has 84 valence electrons. The molecule has 1 heterocycles. The molecule has 1 unspecified atom stereocenters. The summed E-state index contributed by atoms with van der Waals surface area (Å²) in [6.45, 7) is 6.46. The van der Waals surface area contributed by atoms with E-state index in [0.29, 0.717) is 17.2 Å². The van der Waals surface area contributed by atoms with Crippen LogP contribution in [0.5, 0.6) is 0 Å². The molecule has 0 amide bonds. The van der Waals surface area contributed by atoms with E-state index in [1.165, 1.54) is 19.3 Å². The summed E-state index contributed by atoms with van der Waals surface area (Å²) in [5.74, 6) is 2.29. The Morgan fingerprint density at radius 3 is 2.53 bits per heavy atom. The van der Waals surface area contributed by atoms with Crippen molar-refractivity contribution in [2.24, 2.45) is 5.92 Å². The van der Waals surface area contributed by atoms with Crippen LogP contribution in [0.3, 0.4) is 0 Å². The van der Waals surface area contributed by atoms with Crippen LogP contribution in [0, 0.1) is 5.92 Å². The van der Waals surface area contributed by atoms with Gasteiger partial charge in [0.2, 0.25) is 5.28 Å². The van der Waals surface area contributed by atoms with Gasteiger partial charge in [-0.05, 0) is 30.9 Å². The van der Waals surface area contributed by atoms with Gasteiger partial charge in [0.1, 0.15) is 5.82 Å². The molecule has 0 aliphatic heterocycles. The third-order valence-electron chi connectivity index (χ3n) is 3.01. The first kappa shape index (κ1) is 10.9. The molecule has 1 saturated carbocycles. The van der Waals surface area contributed by atoms with Crippen molar-refractivity contribution in [2.45, 2.75) is 52.0 Å². The van der Waals surface area contributed by atoms with E-state index in [4.69, 9.17) is 11.6 Å². The van der Waals surface area contributed by atoms with Gasteiger partial charge in [-0.1, -0.05) is 26.7 Å². The van der Waals surface area contributed by atoms with E-state index < -0.39 is 0 Å². The predicted molar refractivity (Wildman–Crippen MR) is 61.2 cm³/mol. The van der Waals surface area contributed by atoms with Gasteiger partial charge in [-0.15, -0.1) is 10.2 Å². The lowest BCUT2D eigenvalue weighted by Crippen LogP contribution is -2.11. The number of hydrogen-bond acceptors (Lipinski definition) is 2. The minimum atomic E-state index is 0.381. The standard InChI is InChI=1S/C11H18ClN3/c1-7(2)10-13-14-11(12)15(10)8(3)6-9-4-5-9/h7-9H,4-6H2,1-3H3. The summed E-state index contributed by atoms with van der Waals surface area (Å²) in [6.07, 6.45) is 3.96. The number of aromatic nitrogens is 3. The molecule has 1 aliphatic rings. The SMILES string of the molecule is CC(C)c1nnc(Cl)n1C(C)CC1CC1. The smallest absolute Gasteiger partial charge is 0.225 e. The zero-order valence-corrected chi connectivity index (χ0v) is 10.3. The van der Waals surface area contributed by atoms with Crippen molar-refractivity contribution in [1.82, 2.24) is 14.8 Å². The van der Waals surface area contributed by atoms with E-state index in [1.807, 2.05) is 0 Å². The van der Waals surface area contributed by atoms with Crippen molar-refractivity contribution in [2.75, 3.05) is 0 Å². The van der Waals surface area contributed by atoms with Crippen LogP contribution in [0.15, 0.2) is 0 Å². The van der Waals surface area contributed by atoms with Gasteiger partial charge in [-0.2, -0.15) is 0 Å². The zero-order chi connectivity index (χ0) is 11.0. The highest BCUT2D eigenvalue weighted by molar-refractivity contribution is 6.28. The third-order valence-corrected chi connectivity index (χ3v) is 3.27. The lowest BCUT2D eigenvalue weighted by Gasteiger charge is -2.17. The highest BCUT2D eigenvalue weighted by Gasteiger charge is 2.27. The van der Waals surface area contributed by atoms with Gasteiger partial charge < -0.3 is 0 Å². The van der Waals surface area contributed by atoms with E-state index >= 15 is 0 Å². The highest BCUT2D eigenvalue weighted by atomic mass is 35.5. The molecule has 15 heavy (non-hydrogen) atoms. The molecule has 2 rings (SSSR count). The largest absolute Gasteiger partial charge is 0.299 e. The molecule has 0 aromatic carbocycles. The molecule has 1 aromatic rings. The molecule has 1 aromatic heterocycles. The van der Waals surface area contributed by atoms with Crippen molar-refractivity contribution >= 4 is 11.6 Å². The van der Waals surface area contributed by atoms with Crippen LogP contribution in [0.1, 0.15) is 57.8 Å². The minimum absolute atomic E-state index is 0.381. The Bertz CT molecular complexity index is 342. The van der Waals surface area contributed by atoms with Crippen molar-refractivity contribution in [3.8, 4) is 0 Å². The molecule has 0 bridgehead atoms. The predicted octanol–water partition coefficient (Wildman–Crippen LogP) is 3.42. The second kappa shape index (κ2) is 4.12. The van der Waals surface area contributed by atoms with Crippen molar-refractivity contribution in [1.29, 1.82) is 0 Å². The van der Waals surface area contributed by atoms with Crippen molar-refractivity contribution in [3.63, 3.8) is 0 Å². The van der Waals surface area contributed by atoms with Crippen LogP contribution in [-0.2, 0) is 0 Å². The van der Waals surface area contributed by atoms with Crippen LogP contribution in [-0.4, -0.2) is 14.8 Å². The van der Waals surface area contributed by atoms with Gasteiger partial charge >= 0.3 is 0 Å². The minimum Gasteiger partial charge on any atom is -0.299 e. The third kappa shape index (κ3) is 2.33. The first-order valence-corrected chi connectivity index (χ1v) is 6.07. The quantitative estimate of drug-likeness (QED) is 0.789. The highest BCUT2D eigenvalue weighted by Crippen LogP contribution is 2.38. The Morgan fingerprint density at radius 2 is 2.00 bits per heavy atom. The maximum absolute atomic E-state index is 6.08. The number of rotatable bonds is 4. The summed E-state index contributed by atoms with van der Waals surface area (Å²) in [5.41, 5.74) is 0. The van der Waals surface area contributed by atoms with E-state index in [1.54, 1.807) is 0 Å². The van der Waals surface area contributed by atoms with E-state index in [9.17, 15) is 0 Å². The van der Waals surface area contributed by atoms with Gasteiger partial charge in [0, 0.05) is 12.0 Å². The normalized spacial score (nSPS) is 18.5. The molecule has 0 spiro atoms. The van der Waals surface area contributed by atoms with E-state index in [2.05, 4.69) is 35.5 Å². The summed E-state index contributed by atoms with van der Waals surface area (Å²) in [7, 11) is 0. The molecule has 0 N–H and O–H groups in total. The fraction of sp³-hybridized carbons (Fsp3) is 0.818. The second-order valence-corrected chi connectivity index (χ2v) is 5.22. The lowest BCUT2D eigenvalue weighted by molar-refractivity contribution is 0.454. The fourth-order valence-corrected chi connectivity index (χ4v) is 2.32. The Balaban J connectivity index is 2.19. The zero-order valence-electron chi connectivity index (χ0n) is 9.57. The first-order valence-electron chi connectivity index (χ1n) is 5.70. The van der Waals surface area contributed by atoms with Crippen molar-refractivity contribution < 1.29 is 0 Å². The molecule has 0 saturated heterocycles. The summed E-state index contributed by atoms with van der Waals surface area (Å²) >= 11 is 6.08. The molecular formula is C11H18ClN3. The van der Waals surface area contributed by atoms with Gasteiger partial charge in [-0.25, -0.2) is 0 Å². The van der Waals surface area contributed by atoms with Gasteiger partial charge in [0.05, 0.1) is 0 Å². The second-order valence-electron chi connectivity index (χ2n) is 4.88. The average Bonchev–Trinajstić information content (AvgIpc) is 2.86. The lowest BCUT2D eigenvalue weighted by atomic mass is 10.1. The molecule has 0 radical (unpaired) electrons. The number of halogens is 1. The van der Waals surface area contributed by atoms with Gasteiger partial charge in [0.15, 0.2) is 0 Å². The maximum atomic E-state index is 6.08. The fourth-order valence-electron chi connectivity index (χ4n) is 2.03. The van der Waals surface area contributed by atoms with Crippen LogP contribution >= 0.6 is 11.6 Å². The van der Waals surface area contributed by atoms with Crippen LogP contribution in [0.2, 0.25) is 5.28 Å². The Labute approximate surface area is 95.8 Å². The number of hydrogen-bond donors (Lipinski definition) is 0. The Morgan fingerprint density at radius 1 is 1.33 bits per heavy atom. The summed E-state index contributed by atoms with van der Waals surface area (Å²) in [6, 6.07) is 0.428. The molecule has 4 heteroatoms. The van der Waals surface area contributed by atoms with E-state index in [-0.39, 0.29) is 0 Å². The molecule has 1 fully saturated rings. The van der Waals surface area contributed by atoms with Crippen LogP contribution in [0.25, 0.3) is 0 Å². The maximum Gasteiger partial charge on any atom is 0.225 e. The summed E-state index contributed by atoms with van der Waals surface area (Å²) < 4.78 is 2.09. The molecule has 3 nitrogen and oxygen atoms in total. The number of nitrogens with zero attached hydrogens (tertiary/aromatic N) is 3. The van der Waals surface area contributed by atoms with Gasteiger partial charge in [0.25, 0.3) is 0 Å². The topological polar surface area (TPSA) is 30.7 Å². The Kier molecular flexibility index (Phi) is 3.01. The van der Waals surface area contributed by atoms with E-state index in [0.717, 1.165) is 11.7 Å². The Hall–Kier alpha value is -0.570. The van der Waals surface area contributed by atoms with Crippen LogP contribution in [0.4, 0.5) is 0 Å². The molecule has 1 atom stereocenters. The summed E-state index contributed by atoms with van der Waals surface area (Å²) in [4.78, 5) is 0. The summed E-state index contributed by atoms with van der Waals surface area (Å²) in [5, 5.41) is 8.64. The average molecular weight is 228 g/mol. The first-order chi connectivity index (χ1) is 7.09.